The number of amides is 1. The second-order valence-corrected chi connectivity index (χ2v) is 5.73. The van der Waals surface area contributed by atoms with Crippen LogP contribution in [0.2, 0.25) is 0 Å². The van der Waals surface area contributed by atoms with Crippen LogP contribution in [0.4, 0.5) is 5.69 Å². The van der Waals surface area contributed by atoms with E-state index >= 15 is 0 Å². The molecule has 19 heavy (non-hydrogen) atoms. The summed E-state index contributed by atoms with van der Waals surface area (Å²) in [5.41, 5.74) is 2.90. The van der Waals surface area contributed by atoms with Crippen molar-refractivity contribution in [3.8, 4) is 5.75 Å². The molecule has 3 rings (SSSR count). The fraction of sp³-hybridized carbons (Fsp3) is 0.533. The van der Waals surface area contributed by atoms with Gasteiger partial charge in [-0.2, -0.15) is 0 Å². The molecular weight excluding hydrogens is 240 g/mol. The van der Waals surface area contributed by atoms with Gasteiger partial charge in [-0.05, 0) is 36.1 Å². The molecule has 4 nitrogen and oxygen atoms in total. The van der Waals surface area contributed by atoms with Gasteiger partial charge in [0.2, 0.25) is 5.91 Å². The van der Waals surface area contributed by atoms with Crippen molar-refractivity contribution in [2.75, 3.05) is 32.1 Å². The first-order valence-corrected chi connectivity index (χ1v) is 6.71. The molecule has 1 aliphatic heterocycles. The van der Waals surface area contributed by atoms with Crippen LogP contribution >= 0.6 is 0 Å². The van der Waals surface area contributed by atoms with Gasteiger partial charge in [0.25, 0.3) is 0 Å². The summed E-state index contributed by atoms with van der Waals surface area (Å²) in [5, 5.41) is 2.94. The van der Waals surface area contributed by atoms with Crippen molar-refractivity contribution in [2.45, 2.75) is 18.8 Å². The van der Waals surface area contributed by atoms with E-state index in [4.69, 9.17) is 4.74 Å². The van der Waals surface area contributed by atoms with E-state index in [0.29, 0.717) is 5.92 Å². The zero-order valence-electron chi connectivity index (χ0n) is 11.7. The Morgan fingerprint density at radius 1 is 1.58 bits per heavy atom. The minimum Gasteiger partial charge on any atom is -0.497 e. The maximum absolute atomic E-state index is 11.0. The van der Waals surface area contributed by atoms with E-state index in [1.54, 1.807) is 14.0 Å². The summed E-state index contributed by atoms with van der Waals surface area (Å²) in [6, 6.07) is 6.31. The average molecular weight is 260 g/mol. The Balaban J connectivity index is 1.86. The average Bonchev–Trinajstić information content (AvgIpc) is 3.01. The van der Waals surface area contributed by atoms with Crippen LogP contribution in [0, 0.1) is 5.92 Å². The maximum Gasteiger partial charge on any atom is 0.216 e. The van der Waals surface area contributed by atoms with E-state index in [0.717, 1.165) is 25.3 Å². The van der Waals surface area contributed by atoms with Crippen LogP contribution in [0.1, 0.15) is 18.9 Å². The molecular formula is C15H20N2O2. The van der Waals surface area contributed by atoms with E-state index in [9.17, 15) is 4.79 Å². The largest absolute Gasteiger partial charge is 0.497 e. The number of hydrogen-bond donors (Lipinski definition) is 1. The lowest BCUT2D eigenvalue weighted by Crippen LogP contribution is -2.27. The SMILES string of the molecule is COc1ccc2c(c1)C1(CC1CNC(C)=O)CN2C. The summed E-state index contributed by atoms with van der Waals surface area (Å²) in [5.74, 6) is 1.52. The van der Waals surface area contributed by atoms with Gasteiger partial charge in [-0.1, -0.05) is 0 Å². The number of anilines is 1. The molecule has 2 aliphatic rings. The van der Waals surface area contributed by atoms with Crippen LogP contribution < -0.4 is 15.0 Å². The van der Waals surface area contributed by atoms with Crippen molar-refractivity contribution in [1.82, 2.24) is 5.32 Å². The molecule has 102 valence electrons. The molecule has 1 aromatic rings. The molecule has 1 N–H and O–H groups in total. The predicted octanol–water partition coefficient (Wildman–Crippen LogP) is 1.54. The number of ether oxygens (including phenoxy) is 1. The smallest absolute Gasteiger partial charge is 0.216 e. The third-order valence-corrected chi connectivity index (χ3v) is 4.50. The van der Waals surface area contributed by atoms with Crippen molar-refractivity contribution in [3.63, 3.8) is 0 Å². The highest BCUT2D eigenvalue weighted by Crippen LogP contribution is 2.60. The monoisotopic (exact) mass is 260 g/mol. The van der Waals surface area contributed by atoms with E-state index in [-0.39, 0.29) is 11.3 Å². The topological polar surface area (TPSA) is 41.6 Å². The summed E-state index contributed by atoms with van der Waals surface area (Å²) < 4.78 is 5.34. The van der Waals surface area contributed by atoms with E-state index in [1.807, 2.05) is 6.07 Å². The molecule has 1 saturated carbocycles. The van der Waals surface area contributed by atoms with Gasteiger partial charge in [0.05, 0.1) is 7.11 Å². The van der Waals surface area contributed by atoms with Crippen molar-refractivity contribution in [2.24, 2.45) is 5.92 Å². The predicted molar refractivity (Wildman–Crippen MR) is 74.7 cm³/mol. The molecule has 1 aromatic carbocycles. The number of hydrogen-bond acceptors (Lipinski definition) is 3. The first kappa shape index (κ1) is 12.3. The zero-order chi connectivity index (χ0) is 13.6. The second kappa shape index (κ2) is 4.15. The lowest BCUT2D eigenvalue weighted by Gasteiger charge is -2.12. The van der Waals surface area contributed by atoms with Crippen molar-refractivity contribution in [1.29, 1.82) is 0 Å². The highest BCUT2D eigenvalue weighted by molar-refractivity contribution is 5.73. The third-order valence-electron chi connectivity index (χ3n) is 4.50. The molecule has 1 fully saturated rings. The maximum atomic E-state index is 11.0. The van der Waals surface area contributed by atoms with Crippen LogP contribution in [0.5, 0.6) is 5.75 Å². The lowest BCUT2D eigenvalue weighted by molar-refractivity contribution is -0.119. The Kier molecular flexibility index (Phi) is 2.69. The molecule has 1 spiro atoms. The van der Waals surface area contributed by atoms with E-state index in [1.165, 1.54) is 11.3 Å². The Morgan fingerprint density at radius 2 is 2.37 bits per heavy atom. The molecule has 0 saturated heterocycles. The van der Waals surface area contributed by atoms with Gasteiger partial charge in [0, 0.05) is 38.2 Å². The molecule has 2 unspecified atom stereocenters. The third kappa shape index (κ3) is 1.86. The molecule has 0 radical (unpaired) electrons. The number of rotatable bonds is 3. The van der Waals surface area contributed by atoms with E-state index < -0.39 is 0 Å². The fourth-order valence-electron chi connectivity index (χ4n) is 3.41. The minimum absolute atomic E-state index is 0.0549. The Hall–Kier alpha value is -1.71. The number of methoxy groups -OCH3 is 1. The number of carbonyl (C=O) groups is 1. The van der Waals surface area contributed by atoms with Crippen LogP contribution in [0.25, 0.3) is 0 Å². The highest BCUT2D eigenvalue weighted by atomic mass is 16.5. The second-order valence-electron chi connectivity index (χ2n) is 5.73. The minimum atomic E-state index is 0.0549. The van der Waals surface area contributed by atoms with Gasteiger partial charge in [0.1, 0.15) is 5.75 Å². The standard InChI is InChI=1S/C15H20N2O2/c1-10(18)16-8-11-7-15(11)9-17(2)14-5-4-12(19-3)6-13(14)15/h4-6,11H,7-9H2,1-3H3,(H,16,18). The van der Waals surface area contributed by atoms with Gasteiger partial charge in [0.15, 0.2) is 0 Å². The number of nitrogens with zero attached hydrogens (tertiary/aromatic N) is 1. The number of benzene rings is 1. The molecule has 1 heterocycles. The Morgan fingerprint density at radius 3 is 3.05 bits per heavy atom. The molecule has 1 amide bonds. The first-order chi connectivity index (χ1) is 9.06. The van der Waals surface area contributed by atoms with E-state index in [2.05, 4.69) is 29.4 Å². The molecule has 0 aromatic heterocycles. The normalized spacial score (nSPS) is 27.3. The summed E-state index contributed by atoms with van der Waals surface area (Å²) in [7, 11) is 3.84. The fourth-order valence-corrected chi connectivity index (χ4v) is 3.41. The summed E-state index contributed by atoms with van der Waals surface area (Å²) in [6.45, 7) is 3.40. The van der Waals surface area contributed by atoms with Gasteiger partial charge in [-0.25, -0.2) is 0 Å². The van der Waals surface area contributed by atoms with Crippen molar-refractivity contribution < 1.29 is 9.53 Å². The Bertz CT molecular complexity index is 529. The molecule has 1 aliphatic carbocycles. The van der Waals surface area contributed by atoms with Crippen molar-refractivity contribution >= 4 is 11.6 Å². The van der Waals surface area contributed by atoms with Crippen LogP contribution in [-0.4, -0.2) is 33.2 Å². The summed E-state index contributed by atoms with van der Waals surface area (Å²) >= 11 is 0. The zero-order valence-corrected chi connectivity index (χ0v) is 11.7. The molecule has 2 atom stereocenters. The van der Waals surface area contributed by atoms with Gasteiger partial charge in [-0.3, -0.25) is 4.79 Å². The number of fused-ring (bicyclic) bond motifs is 2. The van der Waals surface area contributed by atoms with Gasteiger partial charge in [-0.15, -0.1) is 0 Å². The molecule has 0 bridgehead atoms. The lowest BCUT2D eigenvalue weighted by atomic mass is 9.95. The summed E-state index contributed by atoms with van der Waals surface area (Å²) in [4.78, 5) is 13.4. The Labute approximate surface area is 113 Å². The number of likely N-dealkylation sites (N-methyl/N-ethyl adjacent to an activating group) is 1. The van der Waals surface area contributed by atoms with Crippen LogP contribution in [0.15, 0.2) is 18.2 Å². The van der Waals surface area contributed by atoms with Crippen molar-refractivity contribution in [3.05, 3.63) is 23.8 Å². The molecule has 4 heteroatoms. The van der Waals surface area contributed by atoms with Gasteiger partial charge < -0.3 is 15.0 Å². The highest BCUT2D eigenvalue weighted by Gasteiger charge is 2.59. The summed E-state index contributed by atoms with van der Waals surface area (Å²) in [6.07, 6.45) is 1.15. The number of carbonyl (C=O) groups excluding carboxylic acids is 1. The quantitative estimate of drug-likeness (QED) is 0.896. The van der Waals surface area contributed by atoms with Crippen LogP contribution in [-0.2, 0) is 10.2 Å². The van der Waals surface area contributed by atoms with Crippen LogP contribution in [0.3, 0.4) is 0 Å². The number of nitrogens with one attached hydrogen (secondary N) is 1. The first-order valence-electron chi connectivity index (χ1n) is 6.71. The van der Waals surface area contributed by atoms with Gasteiger partial charge >= 0.3 is 0 Å².